The summed E-state index contributed by atoms with van der Waals surface area (Å²) in [4.78, 5) is 21.3. The van der Waals surface area contributed by atoms with E-state index < -0.39 is 0 Å². The summed E-state index contributed by atoms with van der Waals surface area (Å²) in [5, 5.41) is 2.74. The van der Waals surface area contributed by atoms with Crippen molar-refractivity contribution in [3.05, 3.63) is 0 Å². The van der Waals surface area contributed by atoms with Crippen molar-refractivity contribution in [1.82, 2.24) is 5.32 Å². The molecule has 0 unspecified atom stereocenters. The van der Waals surface area contributed by atoms with Gasteiger partial charge in [-0.05, 0) is 0 Å². The van der Waals surface area contributed by atoms with Crippen molar-refractivity contribution >= 4 is 35.4 Å². The van der Waals surface area contributed by atoms with Gasteiger partial charge >= 0.3 is 22.4 Å². The quantitative estimate of drug-likeness (QED) is 0.451. The molecule has 1 amide bonds. The van der Waals surface area contributed by atoms with E-state index in [4.69, 9.17) is 0 Å². The Labute approximate surface area is 104 Å². The Morgan fingerprint density at radius 3 is 2.54 bits per heavy atom. The Kier molecular flexibility index (Phi) is 13.1. The average molecular weight is 314 g/mol. The van der Waals surface area contributed by atoms with Gasteiger partial charge in [-0.1, -0.05) is 11.8 Å². The Bertz CT molecular complexity index is 167. The second-order valence-corrected chi connectivity index (χ2v) is 3.82. The molecule has 0 aromatic carbocycles. The third kappa shape index (κ3) is 12.6. The molecule has 0 radical (unpaired) electrons. The molecule has 3 nitrogen and oxygen atoms in total. The summed E-state index contributed by atoms with van der Waals surface area (Å²) in [6.07, 6.45) is 0.389. The third-order valence-electron chi connectivity index (χ3n) is 1.06. The molecule has 6 heteroatoms. The summed E-state index contributed by atoms with van der Waals surface area (Å²) in [5.41, 5.74) is 0. The fourth-order valence-corrected chi connectivity index (χ4v) is 1.24. The van der Waals surface area contributed by atoms with Crippen LogP contribution < -0.4 is 5.32 Å². The Morgan fingerprint density at radius 2 is 2.08 bits per heavy atom. The summed E-state index contributed by atoms with van der Waals surface area (Å²) in [5.74, 6) is 1.05. The number of nitrogens with one attached hydrogen (secondary N) is 1. The van der Waals surface area contributed by atoms with Crippen LogP contribution >= 0.6 is 11.8 Å². The molecule has 80 valence electrons. The Balaban J connectivity index is 0. The molecular formula is C7H12AgNO2S2. The van der Waals surface area contributed by atoms with E-state index in [1.54, 1.807) is 0 Å². The van der Waals surface area contributed by atoms with Gasteiger partial charge in [0, 0.05) is 25.6 Å². The number of hydrogen-bond donors (Lipinski definition) is 1. The summed E-state index contributed by atoms with van der Waals surface area (Å²) >= 11 is 5.84. The second kappa shape index (κ2) is 10.7. The fourth-order valence-electron chi connectivity index (χ4n) is 0.566. The van der Waals surface area contributed by atoms with Crippen LogP contribution in [0.15, 0.2) is 0 Å². The molecule has 1 N–H and O–H groups in total. The first-order chi connectivity index (χ1) is 5.66. The first kappa shape index (κ1) is 16.0. The van der Waals surface area contributed by atoms with E-state index in [0.29, 0.717) is 24.5 Å². The van der Waals surface area contributed by atoms with Crippen molar-refractivity contribution in [2.45, 2.75) is 13.3 Å². The second-order valence-electron chi connectivity index (χ2n) is 2.14. The average Bonchev–Trinajstić information content (AvgIpc) is 1.98. The van der Waals surface area contributed by atoms with Crippen molar-refractivity contribution in [3.8, 4) is 0 Å². The molecule has 0 fully saturated rings. The molecule has 0 atom stereocenters. The third-order valence-corrected chi connectivity index (χ3v) is 2.08. The van der Waals surface area contributed by atoms with E-state index in [-0.39, 0.29) is 33.4 Å². The minimum Gasteiger partial charge on any atom is -0.792 e. The number of rotatable bonds is 5. The van der Waals surface area contributed by atoms with Crippen LogP contribution in [-0.4, -0.2) is 29.1 Å². The maximum atomic E-state index is 10.8. The van der Waals surface area contributed by atoms with Crippen molar-refractivity contribution in [2.75, 3.05) is 18.1 Å². The predicted octanol–water partition coefficient (Wildman–Crippen LogP) is 0.317. The molecular weight excluding hydrogens is 302 g/mol. The van der Waals surface area contributed by atoms with E-state index in [0.717, 1.165) is 0 Å². The van der Waals surface area contributed by atoms with Crippen molar-refractivity contribution in [1.29, 1.82) is 0 Å². The van der Waals surface area contributed by atoms with Crippen LogP contribution in [0.3, 0.4) is 0 Å². The first-order valence-corrected chi connectivity index (χ1v) is 5.21. The topological polar surface area (TPSA) is 46.2 Å². The molecule has 0 spiro atoms. The van der Waals surface area contributed by atoms with Gasteiger partial charge in [-0.2, -0.15) is 5.75 Å². The summed E-state index contributed by atoms with van der Waals surface area (Å²) in [6, 6.07) is 0. The minimum atomic E-state index is -0.0332. The van der Waals surface area contributed by atoms with Crippen LogP contribution in [0.5, 0.6) is 0 Å². The largest absolute Gasteiger partial charge is 1.00 e. The van der Waals surface area contributed by atoms with Crippen molar-refractivity contribution < 1.29 is 32.0 Å². The van der Waals surface area contributed by atoms with Gasteiger partial charge in [0.15, 0.2) is 5.12 Å². The molecule has 0 bridgehead atoms. The van der Waals surface area contributed by atoms with Crippen LogP contribution in [0, 0.1) is 0 Å². The van der Waals surface area contributed by atoms with Crippen LogP contribution in [0.25, 0.3) is 0 Å². The summed E-state index contributed by atoms with van der Waals surface area (Å²) in [6.45, 7) is 2.05. The zero-order valence-corrected chi connectivity index (χ0v) is 10.4. The monoisotopic (exact) mass is 313 g/mol. The molecule has 0 saturated heterocycles. The summed E-state index contributed by atoms with van der Waals surface area (Å²) in [7, 11) is 0. The van der Waals surface area contributed by atoms with Crippen LogP contribution in [0.2, 0.25) is 0 Å². The molecule has 0 aliphatic carbocycles. The zero-order chi connectivity index (χ0) is 9.40. The fraction of sp³-hybridized carbons (Fsp3) is 0.714. The molecule has 0 aliphatic heterocycles. The van der Waals surface area contributed by atoms with Gasteiger partial charge in [-0.3, -0.25) is 9.59 Å². The SMILES string of the molecule is CC(=O)SCCNC(=O)CC[S-].[Ag+]. The van der Waals surface area contributed by atoms with E-state index >= 15 is 0 Å². The number of carbonyl (C=O) groups is 2. The smallest absolute Gasteiger partial charge is 0.792 e. The Hall–Kier alpha value is 0.580. The number of carbonyl (C=O) groups excluding carboxylic acids is 2. The van der Waals surface area contributed by atoms with Crippen molar-refractivity contribution in [3.63, 3.8) is 0 Å². The van der Waals surface area contributed by atoms with Crippen LogP contribution in [0.1, 0.15) is 13.3 Å². The maximum absolute atomic E-state index is 10.8. The van der Waals surface area contributed by atoms with E-state index in [9.17, 15) is 9.59 Å². The van der Waals surface area contributed by atoms with Crippen LogP contribution in [0.4, 0.5) is 0 Å². The molecule has 0 rings (SSSR count). The molecule has 0 aromatic heterocycles. The Morgan fingerprint density at radius 1 is 1.46 bits per heavy atom. The molecule has 0 aromatic rings. The van der Waals surface area contributed by atoms with Gasteiger partial charge < -0.3 is 17.9 Å². The van der Waals surface area contributed by atoms with Gasteiger partial charge in [-0.25, -0.2) is 0 Å². The van der Waals surface area contributed by atoms with E-state index in [1.165, 1.54) is 18.7 Å². The van der Waals surface area contributed by atoms with E-state index in [2.05, 4.69) is 17.9 Å². The number of amides is 1. The standard InChI is InChI=1S/C7H13NO2S2.Ag/c1-6(9)12-5-3-8-7(10)2-4-11;/h11H,2-5H2,1H3,(H,8,10);/q;+1/p-1. The summed E-state index contributed by atoms with van der Waals surface area (Å²) < 4.78 is 0. The first-order valence-electron chi connectivity index (χ1n) is 3.65. The maximum Gasteiger partial charge on any atom is 1.00 e. The molecule has 13 heavy (non-hydrogen) atoms. The number of hydrogen-bond acceptors (Lipinski definition) is 4. The molecule has 0 aliphatic rings. The zero-order valence-electron chi connectivity index (χ0n) is 7.26. The molecule has 0 heterocycles. The van der Waals surface area contributed by atoms with Gasteiger partial charge in [0.25, 0.3) is 0 Å². The number of thioether (sulfide) groups is 1. The van der Waals surface area contributed by atoms with Gasteiger partial charge in [0.05, 0.1) is 0 Å². The van der Waals surface area contributed by atoms with Gasteiger partial charge in [0.1, 0.15) is 0 Å². The van der Waals surface area contributed by atoms with E-state index in [1.807, 2.05) is 0 Å². The minimum absolute atomic E-state index is 0. The van der Waals surface area contributed by atoms with Crippen LogP contribution in [-0.2, 0) is 44.6 Å². The van der Waals surface area contributed by atoms with Gasteiger partial charge in [-0.15, -0.1) is 0 Å². The normalized spacial score (nSPS) is 8.77. The van der Waals surface area contributed by atoms with Gasteiger partial charge in [0.2, 0.25) is 5.91 Å². The van der Waals surface area contributed by atoms with Crippen molar-refractivity contribution in [2.24, 2.45) is 0 Å². The molecule has 0 saturated carbocycles. The predicted molar refractivity (Wildman–Crippen MR) is 53.0 cm³/mol.